The quantitative estimate of drug-likeness (QED) is 0.167. The van der Waals surface area contributed by atoms with Crippen molar-refractivity contribution in [2.45, 2.75) is 82.9 Å². The van der Waals surface area contributed by atoms with E-state index in [1.165, 1.54) is 37.5 Å². The van der Waals surface area contributed by atoms with E-state index in [4.69, 9.17) is 14.6 Å². The van der Waals surface area contributed by atoms with Crippen molar-refractivity contribution < 1.29 is 29.7 Å². The van der Waals surface area contributed by atoms with Crippen LogP contribution in [0.1, 0.15) is 102 Å². The van der Waals surface area contributed by atoms with Crippen LogP contribution in [0.2, 0.25) is 0 Å². The number of thiophene rings is 1. The fourth-order valence-corrected chi connectivity index (χ4v) is 7.66. The van der Waals surface area contributed by atoms with E-state index in [0.717, 1.165) is 63.7 Å². The summed E-state index contributed by atoms with van der Waals surface area (Å²) in [4.78, 5) is 13.3. The van der Waals surface area contributed by atoms with Crippen LogP contribution < -0.4 is 0 Å². The van der Waals surface area contributed by atoms with E-state index in [1.807, 2.05) is 49.5 Å². The van der Waals surface area contributed by atoms with E-state index in [0.29, 0.717) is 22.7 Å². The number of rotatable bonds is 4. The van der Waals surface area contributed by atoms with E-state index in [9.17, 15) is 0 Å². The van der Waals surface area contributed by atoms with Crippen LogP contribution in [0.3, 0.4) is 0 Å². The molecule has 0 aliphatic heterocycles. The summed E-state index contributed by atoms with van der Waals surface area (Å²) in [5, 5.41) is 2.25. The molecule has 1 radical (unpaired) electrons. The zero-order valence-corrected chi connectivity index (χ0v) is 28.6. The molecule has 0 spiro atoms. The Balaban J connectivity index is 0.000000182. The summed E-state index contributed by atoms with van der Waals surface area (Å²) in [6.45, 7) is 1.99. The van der Waals surface area contributed by atoms with Crippen LogP contribution in [0.4, 0.5) is 0 Å². The number of nitrogens with zero attached hydrogens (tertiary/aromatic N) is 3. The molecule has 0 amide bonds. The van der Waals surface area contributed by atoms with E-state index in [-0.39, 0.29) is 62.2 Å². The Morgan fingerprint density at radius 1 is 0.844 bits per heavy atom. The first-order valence-electron chi connectivity index (χ1n) is 19.2. The minimum atomic E-state index is -0.742. The molecule has 2 aliphatic rings. The monoisotopic (exact) mass is 793 g/mol. The van der Waals surface area contributed by atoms with Gasteiger partial charge in [-0.3, -0.25) is 4.98 Å². The molecule has 0 bridgehead atoms. The molecule has 0 N–H and O–H groups in total. The summed E-state index contributed by atoms with van der Waals surface area (Å²) < 4.78 is 59.3. The van der Waals surface area contributed by atoms with Gasteiger partial charge in [-0.15, -0.1) is 59.2 Å². The number of pyridine rings is 3. The van der Waals surface area contributed by atoms with Crippen LogP contribution in [0, 0.1) is 19.1 Å². The standard InChI is InChI=1S/C22H19N2S.C18H20N.Ir/c1-2-7-15(8-3-1)21-20-17-10-6-9-16(18-11-4-5-13-23-18)22(17)25-19(20)12-14-24-21;1-14-7-9-16(10-8-14)18-12-11-17(13-19-18)15-5-3-2-4-6-15;/h4-6,10-15H,1-3,7-8H2;7-9,11-13,15H,2-6H2,1H3;/q2*-1;/i4D,5D,11D,13D;11D,12D,15D;. The predicted molar refractivity (Wildman–Crippen MR) is 184 cm³/mol. The van der Waals surface area contributed by atoms with Crippen molar-refractivity contribution in [2.75, 3.05) is 0 Å². The van der Waals surface area contributed by atoms with Crippen LogP contribution >= 0.6 is 11.3 Å². The number of aryl methyl sites for hydroxylation is 1. The molecule has 2 saturated carbocycles. The zero-order valence-electron chi connectivity index (χ0n) is 32.4. The van der Waals surface area contributed by atoms with Crippen LogP contribution in [-0.2, 0) is 20.1 Å². The Labute approximate surface area is 294 Å². The first-order chi connectivity index (χ1) is 24.6. The Hall–Kier alpha value is -3.24. The van der Waals surface area contributed by atoms with Crippen LogP contribution in [0.5, 0.6) is 0 Å². The molecule has 0 unspecified atom stereocenters. The van der Waals surface area contributed by atoms with E-state index < -0.39 is 5.89 Å². The summed E-state index contributed by atoms with van der Waals surface area (Å²) in [6, 6.07) is 17.4. The molecule has 4 aromatic heterocycles. The minimum absolute atomic E-state index is 0. The normalized spacial score (nSPS) is 18.6. The van der Waals surface area contributed by atoms with Gasteiger partial charge in [0.05, 0.1) is 13.9 Å². The number of hydrogen-bond acceptors (Lipinski definition) is 4. The summed E-state index contributed by atoms with van der Waals surface area (Å²) in [6.07, 6.45) is 14.1. The second-order valence-corrected chi connectivity index (χ2v) is 12.8. The average Bonchev–Trinajstić information content (AvgIpc) is 3.54. The smallest absolute Gasteiger partial charge is 0.0830 e. The van der Waals surface area contributed by atoms with Gasteiger partial charge in [0.1, 0.15) is 0 Å². The Kier molecular flexibility index (Phi) is 7.95. The van der Waals surface area contributed by atoms with Gasteiger partial charge in [-0.25, -0.2) is 0 Å². The van der Waals surface area contributed by atoms with Crippen LogP contribution in [-0.4, -0.2) is 15.0 Å². The molecule has 6 aromatic rings. The van der Waals surface area contributed by atoms with Crippen molar-refractivity contribution in [3.05, 3.63) is 114 Å². The SMILES string of the molecule is [2H]c1c(C2([2H])CCCCC2)cnc(-c2[c-]cc(C)cc2)c1[2H].[2H]c1nc(-c2[c-]ccc3c2sc2ccnc(C4CCCCC4)c23)c([2H])c([2H])c1[2H].[Ir]. The van der Waals surface area contributed by atoms with Gasteiger partial charge in [-0.05, 0) is 65.3 Å². The Bertz CT molecular complexity index is 2230. The largest absolute Gasteiger partial charge is 0.305 e. The number of benzene rings is 2. The van der Waals surface area contributed by atoms with Gasteiger partial charge in [0.15, 0.2) is 0 Å². The van der Waals surface area contributed by atoms with E-state index in [2.05, 4.69) is 22.1 Å². The molecule has 8 rings (SSSR count). The van der Waals surface area contributed by atoms with Gasteiger partial charge in [-0.2, -0.15) is 11.3 Å². The molecule has 2 aromatic carbocycles. The number of fused-ring (bicyclic) bond motifs is 3. The molecular weight excluding hydrogens is 747 g/mol. The molecular formula is C40H39IrN3S-2. The molecule has 0 saturated heterocycles. The fourth-order valence-electron chi connectivity index (χ4n) is 6.46. The molecule has 2 fully saturated rings. The van der Waals surface area contributed by atoms with Crippen molar-refractivity contribution in [1.82, 2.24) is 15.0 Å². The molecule has 4 heterocycles. The minimum Gasteiger partial charge on any atom is -0.305 e. The first-order valence-corrected chi connectivity index (χ1v) is 16.5. The maximum absolute atomic E-state index is 8.65. The van der Waals surface area contributed by atoms with Crippen molar-refractivity contribution in [3.8, 4) is 22.5 Å². The molecule has 45 heavy (non-hydrogen) atoms. The Morgan fingerprint density at radius 3 is 2.47 bits per heavy atom. The second-order valence-electron chi connectivity index (χ2n) is 11.8. The predicted octanol–water partition coefficient (Wildman–Crippen LogP) is 11.3. The maximum Gasteiger partial charge on any atom is 0.0830 e. The van der Waals surface area contributed by atoms with Gasteiger partial charge in [0.25, 0.3) is 0 Å². The van der Waals surface area contributed by atoms with Crippen LogP contribution in [0.15, 0.2) is 85.2 Å². The summed E-state index contributed by atoms with van der Waals surface area (Å²) >= 11 is 1.62. The van der Waals surface area contributed by atoms with Crippen molar-refractivity contribution in [3.63, 3.8) is 0 Å². The number of hydrogen-bond donors (Lipinski definition) is 0. The third kappa shape index (κ3) is 7.12. The van der Waals surface area contributed by atoms with Crippen molar-refractivity contribution in [2.24, 2.45) is 0 Å². The van der Waals surface area contributed by atoms with Crippen molar-refractivity contribution >= 4 is 31.5 Å². The van der Waals surface area contributed by atoms with Gasteiger partial charge in [0, 0.05) is 56.0 Å². The zero-order chi connectivity index (χ0) is 35.9. The third-order valence-electron chi connectivity index (χ3n) is 8.77. The van der Waals surface area contributed by atoms with Gasteiger partial charge in [-0.1, -0.05) is 75.0 Å². The first kappa shape index (κ1) is 24.0. The third-order valence-corrected chi connectivity index (χ3v) is 9.96. The van der Waals surface area contributed by atoms with Gasteiger partial charge >= 0.3 is 0 Å². The molecule has 3 nitrogen and oxygen atoms in total. The van der Waals surface area contributed by atoms with Gasteiger partial charge < -0.3 is 9.97 Å². The van der Waals surface area contributed by atoms with Gasteiger partial charge in [0.2, 0.25) is 0 Å². The summed E-state index contributed by atoms with van der Waals surface area (Å²) in [5.74, 6) is -0.266. The molecule has 5 heteroatoms. The second kappa shape index (κ2) is 14.9. The molecule has 2 aliphatic carbocycles. The van der Waals surface area contributed by atoms with E-state index in [1.54, 1.807) is 17.5 Å². The average molecular weight is 793 g/mol. The van der Waals surface area contributed by atoms with E-state index >= 15 is 0 Å². The van der Waals surface area contributed by atoms with Crippen molar-refractivity contribution in [1.29, 1.82) is 0 Å². The molecule has 231 valence electrons. The fraction of sp³-hybridized carbons (Fsp3) is 0.325. The summed E-state index contributed by atoms with van der Waals surface area (Å²) in [7, 11) is 0. The summed E-state index contributed by atoms with van der Waals surface area (Å²) in [5.41, 5.74) is 4.96. The topological polar surface area (TPSA) is 38.7 Å². The van der Waals surface area contributed by atoms with Crippen LogP contribution in [0.25, 0.3) is 42.7 Å². The Morgan fingerprint density at radius 2 is 1.67 bits per heavy atom. The maximum atomic E-state index is 8.65. The number of aromatic nitrogens is 3. The molecule has 0 atom stereocenters.